The predicted molar refractivity (Wildman–Crippen MR) is 49.0 cm³/mol. The Balaban J connectivity index is 2.19. The molecule has 1 aliphatic heterocycles. The minimum atomic E-state index is 0.443. The highest BCUT2D eigenvalue weighted by atomic mass is 16.5. The molecule has 1 saturated heterocycles. The largest absolute Gasteiger partial charge is 0.384 e. The molecule has 0 spiro atoms. The summed E-state index contributed by atoms with van der Waals surface area (Å²) in [5.41, 5.74) is 0. The minimum absolute atomic E-state index is 0.443. The van der Waals surface area contributed by atoms with Gasteiger partial charge in [0.25, 0.3) is 0 Å². The molecule has 2 heteroatoms. The monoisotopic (exact) mass is 153 g/mol. The summed E-state index contributed by atoms with van der Waals surface area (Å²) in [7, 11) is 2.17. The van der Waals surface area contributed by atoms with Gasteiger partial charge in [0.05, 0.1) is 6.10 Å². The van der Waals surface area contributed by atoms with Crippen molar-refractivity contribution in [3.63, 3.8) is 0 Å². The van der Waals surface area contributed by atoms with Crippen LogP contribution >= 0.6 is 0 Å². The molecule has 1 aliphatic rings. The smallest absolute Gasteiger partial charge is 0.146 e. The zero-order valence-electron chi connectivity index (χ0n) is 7.84. The third-order valence-electron chi connectivity index (χ3n) is 2.25. The summed E-state index contributed by atoms with van der Waals surface area (Å²) in [6.45, 7) is 6.60. The van der Waals surface area contributed by atoms with Gasteiger partial charge in [-0.05, 0) is 25.2 Å². The molecule has 0 aromatic rings. The SMILES string of the molecule is C[B]C1CCC(CC(C)C)O1. The van der Waals surface area contributed by atoms with Gasteiger partial charge < -0.3 is 4.74 Å². The van der Waals surface area contributed by atoms with Crippen LogP contribution < -0.4 is 0 Å². The van der Waals surface area contributed by atoms with Gasteiger partial charge in [-0.25, -0.2) is 0 Å². The lowest BCUT2D eigenvalue weighted by atomic mass is 9.73. The second kappa shape index (κ2) is 4.15. The van der Waals surface area contributed by atoms with E-state index in [1.807, 2.05) is 0 Å². The Kier molecular flexibility index (Phi) is 3.44. The Hall–Kier alpha value is 0.0249. The zero-order chi connectivity index (χ0) is 8.27. The maximum atomic E-state index is 5.77. The van der Waals surface area contributed by atoms with Crippen molar-refractivity contribution < 1.29 is 4.74 Å². The highest BCUT2D eigenvalue weighted by molar-refractivity contribution is 6.35. The summed E-state index contributed by atoms with van der Waals surface area (Å²) < 4.78 is 5.77. The van der Waals surface area contributed by atoms with Gasteiger partial charge in [0, 0.05) is 6.00 Å². The fourth-order valence-corrected chi connectivity index (χ4v) is 1.68. The molecule has 2 atom stereocenters. The van der Waals surface area contributed by atoms with Gasteiger partial charge in [0.1, 0.15) is 7.28 Å². The second-order valence-corrected chi connectivity index (χ2v) is 3.84. The van der Waals surface area contributed by atoms with Crippen LogP contribution in [0.3, 0.4) is 0 Å². The minimum Gasteiger partial charge on any atom is -0.384 e. The van der Waals surface area contributed by atoms with Crippen molar-refractivity contribution in [2.24, 2.45) is 5.92 Å². The molecule has 0 saturated carbocycles. The average molecular weight is 153 g/mol. The van der Waals surface area contributed by atoms with E-state index in [9.17, 15) is 0 Å². The van der Waals surface area contributed by atoms with Crippen molar-refractivity contribution in [1.29, 1.82) is 0 Å². The average Bonchev–Trinajstić information content (AvgIpc) is 2.34. The Labute approximate surface area is 70.8 Å². The van der Waals surface area contributed by atoms with Crippen LogP contribution in [-0.2, 0) is 4.74 Å². The lowest BCUT2D eigenvalue weighted by Crippen LogP contribution is -2.16. The van der Waals surface area contributed by atoms with E-state index in [0.29, 0.717) is 12.1 Å². The molecule has 0 amide bonds. The fourth-order valence-electron chi connectivity index (χ4n) is 1.68. The number of rotatable bonds is 3. The molecule has 1 rings (SSSR count). The molecular weight excluding hydrogens is 135 g/mol. The molecule has 0 N–H and O–H groups in total. The molecule has 1 radical (unpaired) electrons. The lowest BCUT2D eigenvalue weighted by molar-refractivity contribution is 0.0718. The molecule has 11 heavy (non-hydrogen) atoms. The molecule has 1 nitrogen and oxygen atoms in total. The summed E-state index contributed by atoms with van der Waals surface area (Å²) in [6, 6.07) is 0.443. The van der Waals surface area contributed by atoms with Crippen LogP contribution in [0.5, 0.6) is 0 Å². The molecule has 0 aliphatic carbocycles. The van der Waals surface area contributed by atoms with Gasteiger partial charge in [0.2, 0.25) is 0 Å². The van der Waals surface area contributed by atoms with Crippen LogP contribution in [0.4, 0.5) is 0 Å². The maximum Gasteiger partial charge on any atom is 0.146 e. The van der Waals surface area contributed by atoms with E-state index < -0.39 is 0 Å². The summed E-state index contributed by atoms with van der Waals surface area (Å²) in [5, 5.41) is 0. The second-order valence-electron chi connectivity index (χ2n) is 3.84. The van der Waals surface area contributed by atoms with Crippen LogP contribution in [0.1, 0.15) is 33.1 Å². The van der Waals surface area contributed by atoms with Crippen molar-refractivity contribution in [2.45, 2.75) is 52.0 Å². The van der Waals surface area contributed by atoms with Gasteiger partial charge in [-0.3, -0.25) is 0 Å². The van der Waals surface area contributed by atoms with Crippen molar-refractivity contribution in [3.8, 4) is 0 Å². The molecular formula is C9H18BO. The van der Waals surface area contributed by atoms with Crippen molar-refractivity contribution in [2.75, 3.05) is 0 Å². The third kappa shape index (κ3) is 2.86. The van der Waals surface area contributed by atoms with E-state index in [1.54, 1.807) is 0 Å². The molecule has 63 valence electrons. The van der Waals surface area contributed by atoms with Crippen molar-refractivity contribution >= 4 is 7.28 Å². The highest BCUT2D eigenvalue weighted by Crippen LogP contribution is 2.23. The standard InChI is InChI=1S/C9H18BO/c1-7(2)6-8-4-5-9(10-3)11-8/h7-9H,4-6H2,1-3H3. The van der Waals surface area contributed by atoms with E-state index in [1.165, 1.54) is 19.3 Å². The quantitative estimate of drug-likeness (QED) is 0.565. The molecule has 0 bridgehead atoms. The first kappa shape index (κ1) is 9.12. The Bertz CT molecular complexity index is 114. The van der Waals surface area contributed by atoms with E-state index in [4.69, 9.17) is 4.74 Å². The third-order valence-corrected chi connectivity index (χ3v) is 2.25. The first-order valence-corrected chi connectivity index (χ1v) is 4.67. The van der Waals surface area contributed by atoms with Crippen molar-refractivity contribution in [3.05, 3.63) is 0 Å². The van der Waals surface area contributed by atoms with Crippen LogP contribution in [0.2, 0.25) is 6.82 Å². The number of ether oxygens (including phenoxy) is 1. The Morgan fingerprint density at radius 1 is 1.45 bits per heavy atom. The Morgan fingerprint density at radius 3 is 2.64 bits per heavy atom. The summed E-state index contributed by atoms with van der Waals surface area (Å²) in [4.78, 5) is 0. The van der Waals surface area contributed by atoms with E-state index in [0.717, 1.165) is 5.92 Å². The number of hydrogen-bond donors (Lipinski definition) is 0. The summed E-state index contributed by atoms with van der Waals surface area (Å²) in [5.74, 6) is 0.774. The van der Waals surface area contributed by atoms with Gasteiger partial charge in [-0.2, -0.15) is 0 Å². The highest BCUT2D eigenvalue weighted by Gasteiger charge is 2.24. The van der Waals surface area contributed by atoms with Crippen molar-refractivity contribution in [1.82, 2.24) is 0 Å². The predicted octanol–water partition coefficient (Wildman–Crippen LogP) is 2.29. The van der Waals surface area contributed by atoms with Crippen LogP contribution in [0.25, 0.3) is 0 Å². The van der Waals surface area contributed by atoms with Crippen LogP contribution in [0, 0.1) is 5.92 Å². The zero-order valence-corrected chi connectivity index (χ0v) is 7.84. The Morgan fingerprint density at radius 2 is 2.18 bits per heavy atom. The molecule has 1 heterocycles. The van der Waals surface area contributed by atoms with Gasteiger partial charge in [-0.1, -0.05) is 20.7 Å². The first-order chi connectivity index (χ1) is 5.22. The van der Waals surface area contributed by atoms with E-state index in [-0.39, 0.29) is 0 Å². The molecule has 0 aromatic heterocycles. The maximum absolute atomic E-state index is 5.77. The van der Waals surface area contributed by atoms with E-state index in [2.05, 4.69) is 28.0 Å². The van der Waals surface area contributed by atoms with Crippen LogP contribution in [-0.4, -0.2) is 19.4 Å². The normalized spacial score (nSPS) is 31.3. The van der Waals surface area contributed by atoms with Crippen LogP contribution in [0.15, 0.2) is 0 Å². The fraction of sp³-hybridized carbons (Fsp3) is 1.00. The molecule has 1 fully saturated rings. The molecule has 0 aromatic carbocycles. The molecule has 2 unspecified atom stereocenters. The summed E-state index contributed by atoms with van der Waals surface area (Å²) in [6.07, 6.45) is 4.25. The van der Waals surface area contributed by atoms with Gasteiger partial charge in [-0.15, -0.1) is 0 Å². The first-order valence-electron chi connectivity index (χ1n) is 4.67. The topological polar surface area (TPSA) is 9.23 Å². The lowest BCUT2D eigenvalue weighted by Gasteiger charge is -2.13. The van der Waals surface area contributed by atoms with E-state index >= 15 is 0 Å². The van der Waals surface area contributed by atoms with Gasteiger partial charge in [0.15, 0.2) is 0 Å². The van der Waals surface area contributed by atoms with Gasteiger partial charge >= 0.3 is 0 Å². The number of hydrogen-bond acceptors (Lipinski definition) is 1. The summed E-state index contributed by atoms with van der Waals surface area (Å²) >= 11 is 0.